The molecule has 1 fully saturated rings. The van der Waals surface area contributed by atoms with E-state index >= 15 is 0 Å². The van der Waals surface area contributed by atoms with Crippen LogP contribution in [0.4, 0.5) is 5.69 Å². The molecule has 4 aromatic rings. The Hall–Kier alpha value is -3.95. The van der Waals surface area contributed by atoms with Gasteiger partial charge in [-0.3, -0.25) is 13.8 Å². The van der Waals surface area contributed by atoms with Gasteiger partial charge in [0.1, 0.15) is 0 Å². The van der Waals surface area contributed by atoms with Crippen molar-refractivity contribution < 1.29 is 13.2 Å². The summed E-state index contributed by atoms with van der Waals surface area (Å²) in [6, 6.07) is 27.9. The van der Waals surface area contributed by atoms with E-state index in [1.54, 1.807) is 31.3 Å². The third-order valence-corrected chi connectivity index (χ3v) is 8.42. The number of amides is 1. The van der Waals surface area contributed by atoms with Gasteiger partial charge in [0.15, 0.2) is 5.03 Å². The highest BCUT2D eigenvalue weighted by molar-refractivity contribution is 7.92. The van der Waals surface area contributed by atoms with Gasteiger partial charge in [-0.05, 0) is 41.5 Å². The number of sulfonamides is 1. The maximum absolute atomic E-state index is 13.6. The predicted molar refractivity (Wildman–Crippen MR) is 143 cm³/mol. The standard InChI is InChI=1S/C28H29N5O3S/c1-31-27(16-17-30-31)37(35,36)33(20-22-8-4-2-5-9-22)25-14-12-24(13-15-25)28(34)32-19-18-29-26(21-32)23-10-6-3-7-11-23/h2-17,26,29H,18-21H2,1H3. The molecule has 1 unspecified atom stereocenters. The molecule has 1 amide bonds. The highest BCUT2D eigenvalue weighted by Crippen LogP contribution is 2.27. The lowest BCUT2D eigenvalue weighted by Gasteiger charge is -2.34. The first-order chi connectivity index (χ1) is 17.9. The number of aromatic nitrogens is 2. The summed E-state index contributed by atoms with van der Waals surface area (Å²) in [6.07, 6.45) is 1.46. The molecule has 0 spiro atoms. The van der Waals surface area contributed by atoms with Crippen molar-refractivity contribution in [2.45, 2.75) is 17.6 Å². The van der Waals surface area contributed by atoms with Gasteiger partial charge >= 0.3 is 0 Å². The lowest BCUT2D eigenvalue weighted by molar-refractivity contribution is 0.0703. The molecule has 0 radical (unpaired) electrons. The Morgan fingerprint density at radius 1 is 0.973 bits per heavy atom. The molecule has 1 saturated heterocycles. The number of nitrogens with one attached hydrogen (secondary N) is 1. The quantitative estimate of drug-likeness (QED) is 0.406. The molecule has 8 nitrogen and oxygen atoms in total. The summed E-state index contributed by atoms with van der Waals surface area (Å²) in [7, 11) is -2.30. The summed E-state index contributed by atoms with van der Waals surface area (Å²) in [6.45, 7) is 2.04. The van der Waals surface area contributed by atoms with Crippen LogP contribution in [0.15, 0.2) is 102 Å². The number of carbonyl (C=O) groups is 1. The van der Waals surface area contributed by atoms with Crippen LogP contribution in [0, 0.1) is 0 Å². The number of piperazine rings is 1. The maximum Gasteiger partial charge on any atom is 0.281 e. The largest absolute Gasteiger partial charge is 0.335 e. The number of rotatable bonds is 7. The molecular formula is C28H29N5O3S. The Labute approximate surface area is 217 Å². The van der Waals surface area contributed by atoms with Crippen LogP contribution >= 0.6 is 0 Å². The van der Waals surface area contributed by atoms with Crippen LogP contribution in [0.25, 0.3) is 0 Å². The van der Waals surface area contributed by atoms with Crippen molar-refractivity contribution in [3.63, 3.8) is 0 Å². The van der Waals surface area contributed by atoms with Crippen LogP contribution in [0.5, 0.6) is 0 Å². The van der Waals surface area contributed by atoms with Crippen LogP contribution < -0.4 is 9.62 Å². The van der Waals surface area contributed by atoms with E-state index in [1.165, 1.54) is 21.3 Å². The Morgan fingerprint density at radius 2 is 1.65 bits per heavy atom. The first-order valence-corrected chi connectivity index (χ1v) is 13.6. The van der Waals surface area contributed by atoms with Gasteiger partial charge in [0.2, 0.25) is 0 Å². The van der Waals surface area contributed by atoms with E-state index in [4.69, 9.17) is 0 Å². The van der Waals surface area contributed by atoms with E-state index < -0.39 is 10.0 Å². The minimum absolute atomic E-state index is 0.0712. The number of aryl methyl sites for hydroxylation is 1. The fourth-order valence-electron chi connectivity index (χ4n) is 4.59. The Morgan fingerprint density at radius 3 is 2.30 bits per heavy atom. The van der Waals surface area contributed by atoms with Crippen molar-refractivity contribution >= 4 is 21.6 Å². The lowest BCUT2D eigenvalue weighted by Crippen LogP contribution is -2.48. The zero-order valence-electron chi connectivity index (χ0n) is 20.6. The van der Waals surface area contributed by atoms with Crippen molar-refractivity contribution in [2.75, 3.05) is 23.9 Å². The minimum atomic E-state index is -3.90. The monoisotopic (exact) mass is 515 g/mol. The molecule has 1 aliphatic heterocycles. The highest BCUT2D eigenvalue weighted by Gasteiger charge is 2.29. The summed E-state index contributed by atoms with van der Waals surface area (Å²) in [5, 5.41) is 7.61. The Kier molecular flexibility index (Phi) is 7.07. The van der Waals surface area contributed by atoms with Crippen LogP contribution in [-0.2, 0) is 23.6 Å². The van der Waals surface area contributed by atoms with Gasteiger partial charge in [0, 0.05) is 38.3 Å². The summed E-state index contributed by atoms with van der Waals surface area (Å²) in [5.41, 5.74) is 2.99. The molecule has 1 N–H and O–H groups in total. The number of anilines is 1. The summed E-state index contributed by atoms with van der Waals surface area (Å²) < 4.78 is 30.0. The number of benzene rings is 3. The summed E-state index contributed by atoms with van der Waals surface area (Å²) in [5.74, 6) is -0.0712. The fraction of sp³-hybridized carbons (Fsp3) is 0.214. The van der Waals surface area contributed by atoms with Crippen LogP contribution in [0.3, 0.4) is 0 Å². The van der Waals surface area contributed by atoms with Crippen molar-refractivity contribution in [3.05, 3.63) is 114 Å². The second kappa shape index (κ2) is 10.6. The summed E-state index contributed by atoms with van der Waals surface area (Å²) in [4.78, 5) is 15.2. The van der Waals surface area contributed by atoms with Gasteiger partial charge in [-0.1, -0.05) is 60.7 Å². The number of hydrogen-bond acceptors (Lipinski definition) is 5. The number of carbonyl (C=O) groups excluding carboxylic acids is 1. The number of hydrogen-bond donors (Lipinski definition) is 1. The molecule has 1 aromatic heterocycles. The molecule has 1 atom stereocenters. The van der Waals surface area contributed by atoms with Gasteiger partial charge in [-0.2, -0.15) is 13.5 Å². The van der Waals surface area contributed by atoms with E-state index in [9.17, 15) is 13.2 Å². The summed E-state index contributed by atoms with van der Waals surface area (Å²) >= 11 is 0. The third kappa shape index (κ3) is 5.28. The normalized spacial score (nSPS) is 15.9. The highest BCUT2D eigenvalue weighted by atomic mass is 32.2. The Balaban J connectivity index is 1.40. The third-order valence-electron chi connectivity index (χ3n) is 6.57. The van der Waals surface area contributed by atoms with Crippen molar-refractivity contribution in [1.29, 1.82) is 0 Å². The van der Waals surface area contributed by atoms with Gasteiger partial charge in [-0.25, -0.2) is 0 Å². The van der Waals surface area contributed by atoms with Crippen molar-refractivity contribution in [1.82, 2.24) is 20.0 Å². The second-order valence-electron chi connectivity index (χ2n) is 9.01. The van der Waals surface area contributed by atoms with E-state index in [1.807, 2.05) is 53.4 Å². The van der Waals surface area contributed by atoms with Gasteiger partial charge in [-0.15, -0.1) is 0 Å². The van der Waals surface area contributed by atoms with E-state index in [-0.39, 0.29) is 23.5 Å². The molecule has 3 aromatic carbocycles. The van der Waals surface area contributed by atoms with Crippen molar-refractivity contribution in [3.8, 4) is 0 Å². The van der Waals surface area contributed by atoms with Gasteiger partial charge < -0.3 is 10.2 Å². The molecule has 190 valence electrons. The van der Waals surface area contributed by atoms with Crippen molar-refractivity contribution in [2.24, 2.45) is 7.05 Å². The average molecular weight is 516 g/mol. The molecule has 0 saturated carbocycles. The molecule has 1 aliphatic rings. The van der Waals surface area contributed by atoms with Crippen LogP contribution in [0.2, 0.25) is 0 Å². The average Bonchev–Trinajstić information content (AvgIpc) is 3.39. The molecule has 0 bridgehead atoms. The zero-order valence-corrected chi connectivity index (χ0v) is 21.4. The topological polar surface area (TPSA) is 87.5 Å². The molecule has 0 aliphatic carbocycles. The zero-order chi connectivity index (χ0) is 25.8. The molecule has 2 heterocycles. The Bertz CT molecular complexity index is 1450. The van der Waals surface area contributed by atoms with Crippen LogP contribution in [-0.4, -0.2) is 48.6 Å². The maximum atomic E-state index is 13.6. The minimum Gasteiger partial charge on any atom is -0.335 e. The molecular weight excluding hydrogens is 486 g/mol. The smallest absolute Gasteiger partial charge is 0.281 e. The van der Waals surface area contributed by atoms with Gasteiger partial charge in [0.05, 0.1) is 18.4 Å². The van der Waals surface area contributed by atoms with E-state index in [0.717, 1.165) is 11.1 Å². The fourth-order valence-corrected chi connectivity index (χ4v) is 6.15. The first-order valence-electron chi connectivity index (χ1n) is 12.2. The van der Waals surface area contributed by atoms with E-state index in [2.05, 4.69) is 22.5 Å². The first kappa shape index (κ1) is 24.7. The lowest BCUT2D eigenvalue weighted by atomic mass is 10.0. The molecule has 9 heteroatoms. The number of nitrogens with zero attached hydrogens (tertiary/aromatic N) is 4. The second-order valence-corrected chi connectivity index (χ2v) is 10.8. The van der Waals surface area contributed by atoms with Crippen LogP contribution in [0.1, 0.15) is 27.5 Å². The molecule has 37 heavy (non-hydrogen) atoms. The molecule has 5 rings (SSSR count). The van der Waals surface area contributed by atoms with E-state index in [0.29, 0.717) is 30.9 Å². The van der Waals surface area contributed by atoms with Gasteiger partial charge in [0.25, 0.3) is 15.9 Å². The SMILES string of the molecule is Cn1nccc1S(=O)(=O)N(Cc1ccccc1)c1ccc(C(=O)N2CCNC(c3ccccc3)C2)cc1. The predicted octanol–water partition coefficient (Wildman–Crippen LogP) is 3.60.